The number of anilines is 2. The second-order valence-electron chi connectivity index (χ2n) is 5.60. The molecule has 0 aliphatic heterocycles. The van der Waals surface area contributed by atoms with Gasteiger partial charge in [-0.3, -0.25) is 9.59 Å². The monoisotopic (exact) mass is 764 g/mol. The molecule has 0 aromatic heterocycles. The summed E-state index contributed by atoms with van der Waals surface area (Å²) in [5.74, 6) is -1.74. The molecule has 0 saturated heterocycles. The second kappa shape index (κ2) is 13.7. The number of carbonyl (C=O) groups is 4. The van der Waals surface area contributed by atoms with E-state index in [2.05, 4.69) is 10.6 Å². The Morgan fingerprint density at radius 1 is 0.933 bits per heavy atom. The van der Waals surface area contributed by atoms with Gasteiger partial charge < -0.3 is 41.0 Å². The van der Waals surface area contributed by atoms with Crippen molar-refractivity contribution in [2.24, 2.45) is 0 Å². The van der Waals surface area contributed by atoms with E-state index in [4.69, 9.17) is 20.4 Å². The Kier molecular flexibility index (Phi) is 13.4. The number of aldehydes is 1. The minimum absolute atomic E-state index is 0.0547. The highest BCUT2D eigenvalue weighted by molar-refractivity contribution is 14.1. The van der Waals surface area contributed by atoms with Gasteiger partial charge in [-0.25, -0.2) is 4.79 Å². The fourth-order valence-corrected chi connectivity index (χ4v) is 6.01. The van der Waals surface area contributed by atoms with Crippen LogP contribution in [0.5, 0.6) is 0 Å². The van der Waals surface area contributed by atoms with Gasteiger partial charge in [0, 0.05) is 13.8 Å². The summed E-state index contributed by atoms with van der Waals surface area (Å²) in [7, 11) is 0. The summed E-state index contributed by atoms with van der Waals surface area (Å²) >= 11 is 5.71. The minimum atomic E-state index is -1.64. The zero-order valence-electron chi connectivity index (χ0n) is 15.5. The number of hydrogen-bond donors (Lipinski definition) is 7. The number of amides is 2. The Bertz CT molecular complexity index is 777. The molecule has 1 rings (SSSR count). The van der Waals surface area contributed by atoms with E-state index in [9.17, 15) is 24.3 Å². The van der Waals surface area contributed by atoms with Gasteiger partial charge in [0.2, 0.25) is 11.8 Å². The maximum Gasteiger partial charge on any atom is 0.338 e. The molecule has 14 heteroatoms. The van der Waals surface area contributed by atoms with E-state index < -0.39 is 30.9 Å². The maximum atomic E-state index is 11.4. The number of nitrogens with one attached hydrogen (secondary N) is 2. The van der Waals surface area contributed by atoms with Gasteiger partial charge in [0.15, 0.2) is 6.29 Å². The SMILES string of the molecule is CC(=O)Nc1c(I)c(NC(C)=O)c(I)c(C(=O)O)c1I.O=C[C@@H](O)[C@H](O)[C@H](O)CO. The Balaban J connectivity index is 0.000000710. The van der Waals surface area contributed by atoms with E-state index in [-0.39, 0.29) is 23.7 Å². The van der Waals surface area contributed by atoms with E-state index in [0.29, 0.717) is 22.1 Å². The number of benzene rings is 1. The van der Waals surface area contributed by atoms with E-state index in [0.717, 1.165) is 0 Å². The zero-order chi connectivity index (χ0) is 23.8. The Morgan fingerprint density at radius 2 is 1.33 bits per heavy atom. The van der Waals surface area contributed by atoms with E-state index >= 15 is 0 Å². The van der Waals surface area contributed by atoms with Crippen LogP contribution in [0.1, 0.15) is 24.2 Å². The van der Waals surface area contributed by atoms with Crippen LogP contribution in [0.15, 0.2) is 0 Å². The van der Waals surface area contributed by atoms with Crippen molar-refractivity contribution in [3.05, 3.63) is 16.3 Å². The number of carboxylic acids is 1. The topological polar surface area (TPSA) is 193 Å². The molecule has 30 heavy (non-hydrogen) atoms. The van der Waals surface area contributed by atoms with Crippen molar-refractivity contribution in [1.29, 1.82) is 0 Å². The quantitative estimate of drug-likeness (QED) is 0.152. The lowest BCUT2D eigenvalue weighted by Crippen LogP contribution is -2.40. The number of carboxylic acid groups (broad SMARTS) is 1. The molecule has 0 unspecified atom stereocenters. The highest BCUT2D eigenvalue weighted by atomic mass is 127. The highest BCUT2D eigenvalue weighted by Crippen LogP contribution is 2.38. The summed E-state index contributed by atoms with van der Waals surface area (Å²) in [5, 5.41) is 48.6. The number of halogens is 3. The van der Waals surface area contributed by atoms with E-state index in [1.807, 2.05) is 67.8 Å². The predicted octanol–water partition coefficient (Wildman–Crippen LogP) is 0.376. The molecule has 168 valence electrons. The minimum Gasteiger partial charge on any atom is -0.478 e. The predicted molar refractivity (Wildman–Crippen MR) is 131 cm³/mol. The molecule has 0 fully saturated rings. The third-order valence-corrected chi connectivity index (χ3v) is 6.44. The van der Waals surface area contributed by atoms with Gasteiger partial charge >= 0.3 is 5.97 Å². The molecule has 3 atom stereocenters. The van der Waals surface area contributed by atoms with E-state index in [1.54, 1.807) is 0 Å². The first-order valence-electron chi connectivity index (χ1n) is 7.89. The lowest BCUT2D eigenvalue weighted by atomic mass is 10.1. The number of aliphatic hydroxyl groups excluding tert-OH is 4. The molecule has 0 heterocycles. The summed E-state index contributed by atoms with van der Waals surface area (Å²) < 4.78 is 1.44. The van der Waals surface area contributed by atoms with Crippen molar-refractivity contribution in [3.8, 4) is 0 Å². The first kappa shape index (κ1) is 29.3. The molecule has 0 saturated carbocycles. The molecular formula is C16H19I3N2O9. The second-order valence-corrected chi connectivity index (χ2v) is 8.84. The third kappa shape index (κ3) is 8.46. The molecule has 0 aliphatic rings. The summed E-state index contributed by atoms with van der Waals surface area (Å²) in [6.45, 7) is 1.98. The van der Waals surface area contributed by atoms with Crippen molar-refractivity contribution in [2.75, 3.05) is 17.2 Å². The maximum absolute atomic E-state index is 11.4. The molecule has 0 bridgehead atoms. The number of hydrogen-bond acceptors (Lipinski definition) is 8. The standard InChI is InChI=1S/C11H9I3N2O4.C5H10O5/c1-3(17)15-9-6(12)5(11(19)20)7(13)10(8(9)14)16-4(2)18;6-1-3(8)5(10)4(9)2-7/h1-2H3,(H,15,17)(H,16,18)(H,19,20);1,3-5,7-10H,2H2/t;3-,4-,5+/m.1/s1. The largest absolute Gasteiger partial charge is 0.478 e. The van der Waals surface area contributed by atoms with Gasteiger partial charge in [0.1, 0.15) is 18.3 Å². The average Bonchev–Trinajstić information content (AvgIpc) is 2.66. The van der Waals surface area contributed by atoms with Gasteiger partial charge in [-0.1, -0.05) is 0 Å². The van der Waals surface area contributed by atoms with Crippen LogP contribution in [0.3, 0.4) is 0 Å². The molecule has 7 N–H and O–H groups in total. The van der Waals surface area contributed by atoms with Gasteiger partial charge in [-0.05, 0) is 67.8 Å². The first-order valence-corrected chi connectivity index (χ1v) is 11.1. The molecule has 0 spiro atoms. The Morgan fingerprint density at radius 3 is 1.60 bits per heavy atom. The van der Waals surface area contributed by atoms with Crippen LogP contribution in [0, 0.1) is 10.7 Å². The molecule has 0 aliphatic carbocycles. The average molecular weight is 764 g/mol. The fourth-order valence-electron chi connectivity index (χ4n) is 1.84. The number of rotatable bonds is 7. The van der Waals surface area contributed by atoms with Crippen LogP contribution in [-0.4, -0.2) is 74.5 Å². The molecule has 2 amide bonds. The molecule has 1 aromatic rings. The van der Waals surface area contributed by atoms with E-state index in [1.165, 1.54) is 13.8 Å². The zero-order valence-corrected chi connectivity index (χ0v) is 22.0. The Labute approximate surface area is 212 Å². The fraction of sp³-hybridized carbons (Fsp3) is 0.375. The van der Waals surface area contributed by atoms with Crippen LogP contribution in [0.25, 0.3) is 0 Å². The normalized spacial score (nSPS) is 13.2. The Hall–Kier alpha value is -0.670. The van der Waals surface area contributed by atoms with Gasteiger partial charge in [-0.2, -0.15) is 0 Å². The third-order valence-electron chi connectivity index (χ3n) is 3.20. The summed E-state index contributed by atoms with van der Waals surface area (Å²) in [5.41, 5.74) is 0.833. The number of aliphatic hydroxyl groups is 4. The van der Waals surface area contributed by atoms with Gasteiger partial charge in [0.25, 0.3) is 0 Å². The molecule has 0 radical (unpaired) electrons. The summed E-state index contributed by atoms with van der Waals surface area (Å²) in [4.78, 5) is 43.7. The van der Waals surface area contributed by atoms with Crippen LogP contribution in [0.4, 0.5) is 11.4 Å². The van der Waals surface area contributed by atoms with Crippen LogP contribution >= 0.6 is 67.8 Å². The highest BCUT2D eigenvalue weighted by Gasteiger charge is 2.25. The van der Waals surface area contributed by atoms with Gasteiger partial charge in [0.05, 0.1) is 34.3 Å². The van der Waals surface area contributed by atoms with Crippen LogP contribution in [0.2, 0.25) is 0 Å². The summed E-state index contributed by atoms with van der Waals surface area (Å²) in [6.07, 6.45) is -4.63. The molecule has 1 aromatic carbocycles. The lowest BCUT2D eigenvalue weighted by Gasteiger charge is -2.17. The number of aromatic carboxylic acids is 1. The van der Waals surface area contributed by atoms with Crippen LogP contribution in [-0.2, 0) is 14.4 Å². The number of carbonyl (C=O) groups excluding carboxylic acids is 3. The van der Waals surface area contributed by atoms with Crippen molar-refractivity contribution >= 4 is 103 Å². The first-order chi connectivity index (χ1) is 13.8. The van der Waals surface area contributed by atoms with Crippen LogP contribution < -0.4 is 10.6 Å². The molecular weight excluding hydrogens is 745 g/mol. The van der Waals surface area contributed by atoms with Crippen molar-refractivity contribution in [1.82, 2.24) is 0 Å². The smallest absolute Gasteiger partial charge is 0.338 e. The lowest BCUT2D eigenvalue weighted by molar-refractivity contribution is -0.127. The molecule has 11 nitrogen and oxygen atoms in total. The van der Waals surface area contributed by atoms with Crippen molar-refractivity contribution < 1.29 is 44.7 Å². The summed E-state index contributed by atoms with van der Waals surface area (Å²) in [6, 6.07) is 0. The van der Waals surface area contributed by atoms with Gasteiger partial charge in [-0.15, -0.1) is 0 Å². The van der Waals surface area contributed by atoms with Crippen molar-refractivity contribution in [3.63, 3.8) is 0 Å². The van der Waals surface area contributed by atoms with Crippen molar-refractivity contribution in [2.45, 2.75) is 32.2 Å².